The normalized spacial score (nSPS) is 11.7. The molecule has 0 fully saturated rings. The minimum Gasteiger partial charge on any atom is -0.274 e. The van der Waals surface area contributed by atoms with Gasteiger partial charge in [-0.25, -0.2) is 0 Å². The summed E-state index contributed by atoms with van der Waals surface area (Å²) in [6, 6.07) is 0.892. The van der Waals surface area contributed by atoms with Gasteiger partial charge in [0.1, 0.15) is 5.69 Å². The second-order valence-electron chi connectivity index (χ2n) is 1.87. The zero-order valence-corrected chi connectivity index (χ0v) is 6.23. The highest BCUT2D eigenvalue weighted by molar-refractivity contribution is 6.67. The van der Waals surface area contributed by atoms with Gasteiger partial charge in [0.2, 0.25) is 0 Å². The number of carbonyl (C=O) groups excluding carboxylic acids is 1. The lowest BCUT2D eigenvalue weighted by Gasteiger charge is -2.07. The molecular weight excluding hydrogens is 197 g/mol. The lowest BCUT2D eigenvalue weighted by Crippen LogP contribution is -2.21. The van der Waals surface area contributed by atoms with Gasteiger partial charge in [-0.2, -0.15) is 9.78 Å². The summed E-state index contributed by atoms with van der Waals surface area (Å²) in [5, 5.41) is 1.71. The van der Waals surface area contributed by atoms with Crippen LogP contribution in [0, 0.1) is 0 Å². The molecule has 3 nitrogen and oxygen atoms in total. The predicted molar refractivity (Wildman–Crippen MR) is 33.7 cm³/mol. The molecule has 0 aromatic carbocycles. The van der Waals surface area contributed by atoms with E-state index in [1.807, 2.05) is 0 Å². The molecule has 7 heteroatoms. The van der Waals surface area contributed by atoms with Gasteiger partial charge < -0.3 is 0 Å². The Morgan fingerprint density at radius 3 is 2.50 bits per heavy atom. The van der Waals surface area contributed by atoms with Gasteiger partial charge in [0.05, 0.1) is 6.20 Å². The van der Waals surface area contributed by atoms with Crippen molar-refractivity contribution in [2.24, 2.45) is 0 Å². The first-order valence-corrected chi connectivity index (χ1v) is 3.12. The van der Waals surface area contributed by atoms with E-state index in [4.69, 9.17) is 11.6 Å². The van der Waals surface area contributed by atoms with Crippen molar-refractivity contribution in [3.8, 4) is 0 Å². The Kier molecular flexibility index (Phi) is 2.10. The van der Waals surface area contributed by atoms with Gasteiger partial charge in [-0.1, -0.05) is 0 Å². The quantitative estimate of drug-likeness (QED) is 0.645. The summed E-state index contributed by atoms with van der Waals surface area (Å²) in [7, 11) is 0. The van der Waals surface area contributed by atoms with E-state index in [0.29, 0.717) is 0 Å². The molecule has 0 saturated heterocycles. The first-order valence-electron chi connectivity index (χ1n) is 2.74. The van der Waals surface area contributed by atoms with Gasteiger partial charge >= 0.3 is 6.30 Å². The molecule has 0 bridgehead atoms. The molecule has 12 heavy (non-hydrogen) atoms. The van der Waals surface area contributed by atoms with Gasteiger partial charge in [-0.3, -0.25) is 4.79 Å². The molecule has 1 aromatic heterocycles. The smallest absolute Gasteiger partial charge is 0.274 e. The van der Waals surface area contributed by atoms with Gasteiger partial charge in [-0.15, -0.1) is 13.2 Å². The second kappa shape index (κ2) is 2.78. The fraction of sp³-hybridized carbons (Fsp3) is 0.200. The van der Waals surface area contributed by atoms with E-state index in [1.165, 1.54) is 0 Å². The third-order valence-electron chi connectivity index (χ3n) is 1.08. The van der Waals surface area contributed by atoms with Crippen molar-refractivity contribution >= 4 is 16.8 Å². The molecule has 1 heterocycles. The minimum absolute atomic E-state index is 0.387. The molecule has 1 rings (SSSR count). The Balaban J connectivity index is 3.17. The minimum atomic E-state index is -4.70. The van der Waals surface area contributed by atoms with Crippen LogP contribution >= 0.6 is 11.6 Å². The first kappa shape index (κ1) is 9.05. The predicted octanol–water partition coefficient (Wildman–Crippen LogP) is 1.74. The van der Waals surface area contributed by atoms with Gasteiger partial charge in [0.25, 0.3) is 5.24 Å². The Morgan fingerprint density at radius 1 is 1.58 bits per heavy atom. The molecule has 0 unspecified atom stereocenters. The lowest BCUT2D eigenvalue weighted by atomic mass is 10.5. The van der Waals surface area contributed by atoms with E-state index in [0.717, 1.165) is 12.3 Å². The average molecular weight is 199 g/mol. The largest absolute Gasteiger partial charge is 0.505 e. The SMILES string of the molecule is O=C(Cl)c1ccnn1C(F)(F)F. The van der Waals surface area contributed by atoms with Crippen molar-refractivity contribution in [3.63, 3.8) is 0 Å². The Bertz CT molecular complexity index is 306. The number of rotatable bonds is 1. The maximum Gasteiger partial charge on any atom is 0.505 e. The number of nitrogens with zero attached hydrogens (tertiary/aromatic N) is 2. The van der Waals surface area contributed by atoms with Gasteiger partial charge in [0, 0.05) is 0 Å². The molecule has 0 aliphatic carbocycles. The van der Waals surface area contributed by atoms with Crippen LogP contribution in [0.5, 0.6) is 0 Å². The number of alkyl halides is 3. The highest BCUT2D eigenvalue weighted by Crippen LogP contribution is 2.23. The standard InChI is InChI=1S/C5H2ClF3N2O/c6-4(12)3-1-2-10-11(3)5(7,8)9/h1-2H. The van der Waals surface area contributed by atoms with Crippen molar-refractivity contribution < 1.29 is 18.0 Å². The highest BCUT2D eigenvalue weighted by atomic mass is 35.5. The van der Waals surface area contributed by atoms with Gasteiger partial charge in [0.15, 0.2) is 0 Å². The summed E-state index contributed by atoms with van der Waals surface area (Å²) < 4.78 is 35.4. The van der Waals surface area contributed by atoms with Crippen LogP contribution in [0.4, 0.5) is 13.2 Å². The molecule has 0 aliphatic rings. The van der Waals surface area contributed by atoms with Crippen molar-refractivity contribution in [1.29, 1.82) is 0 Å². The third-order valence-corrected chi connectivity index (χ3v) is 1.28. The molecule has 0 amide bonds. The summed E-state index contributed by atoms with van der Waals surface area (Å²) in [5.41, 5.74) is -0.691. The highest BCUT2D eigenvalue weighted by Gasteiger charge is 2.35. The summed E-state index contributed by atoms with van der Waals surface area (Å²) >= 11 is 4.86. The molecule has 0 saturated carbocycles. The summed E-state index contributed by atoms with van der Waals surface area (Å²) in [5.74, 6) is 0. The first-order chi connectivity index (χ1) is 5.43. The topological polar surface area (TPSA) is 34.9 Å². The Labute approximate surface area is 69.7 Å². The van der Waals surface area contributed by atoms with E-state index in [-0.39, 0.29) is 4.68 Å². The molecule has 0 spiro atoms. The van der Waals surface area contributed by atoms with E-state index >= 15 is 0 Å². The number of hydrogen-bond donors (Lipinski definition) is 0. The fourth-order valence-corrected chi connectivity index (χ4v) is 0.797. The van der Waals surface area contributed by atoms with Crippen LogP contribution in [0.3, 0.4) is 0 Å². The van der Waals surface area contributed by atoms with Crippen LogP contribution in [0.1, 0.15) is 10.5 Å². The number of halogens is 4. The Hall–Kier alpha value is -1.04. The van der Waals surface area contributed by atoms with E-state index in [1.54, 1.807) is 0 Å². The van der Waals surface area contributed by atoms with Crippen molar-refractivity contribution in [1.82, 2.24) is 9.78 Å². The fourth-order valence-electron chi connectivity index (χ4n) is 0.654. The van der Waals surface area contributed by atoms with E-state index in [9.17, 15) is 18.0 Å². The van der Waals surface area contributed by atoms with E-state index in [2.05, 4.69) is 5.10 Å². The Morgan fingerprint density at radius 2 is 2.17 bits per heavy atom. The zero-order chi connectivity index (χ0) is 9.35. The number of hydrogen-bond acceptors (Lipinski definition) is 2. The number of aromatic nitrogens is 2. The van der Waals surface area contributed by atoms with Crippen molar-refractivity contribution in [3.05, 3.63) is 18.0 Å². The van der Waals surface area contributed by atoms with Crippen LogP contribution < -0.4 is 0 Å². The molecule has 1 aromatic rings. The molecular formula is C5H2ClF3N2O. The molecule has 0 N–H and O–H groups in total. The molecule has 66 valence electrons. The maximum absolute atomic E-state index is 11.9. The van der Waals surface area contributed by atoms with Crippen LogP contribution in [0.15, 0.2) is 12.3 Å². The molecule has 0 radical (unpaired) electrons. The average Bonchev–Trinajstić information content (AvgIpc) is 2.30. The summed E-state index contributed by atoms with van der Waals surface area (Å²) in [6.45, 7) is 0. The second-order valence-corrected chi connectivity index (χ2v) is 2.21. The van der Waals surface area contributed by atoms with Crippen LogP contribution in [-0.4, -0.2) is 15.0 Å². The van der Waals surface area contributed by atoms with Crippen molar-refractivity contribution in [2.45, 2.75) is 6.30 Å². The number of carbonyl (C=O) groups is 1. The maximum atomic E-state index is 11.9. The van der Waals surface area contributed by atoms with Crippen molar-refractivity contribution in [2.75, 3.05) is 0 Å². The van der Waals surface area contributed by atoms with Crippen LogP contribution in [0.2, 0.25) is 0 Å². The molecule has 0 aliphatic heterocycles. The summed E-state index contributed by atoms with van der Waals surface area (Å²) in [4.78, 5) is 10.4. The van der Waals surface area contributed by atoms with Crippen LogP contribution in [0.25, 0.3) is 0 Å². The molecule has 0 atom stereocenters. The summed E-state index contributed by atoms with van der Waals surface area (Å²) in [6.07, 6.45) is -3.85. The van der Waals surface area contributed by atoms with Crippen LogP contribution in [-0.2, 0) is 6.30 Å². The zero-order valence-electron chi connectivity index (χ0n) is 5.47. The monoisotopic (exact) mass is 198 g/mol. The third kappa shape index (κ3) is 1.58. The van der Waals surface area contributed by atoms with E-state index < -0.39 is 17.2 Å². The van der Waals surface area contributed by atoms with Gasteiger partial charge in [-0.05, 0) is 17.7 Å². The lowest BCUT2D eigenvalue weighted by molar-refractivity contribution is -0.212.